The van der Waals surface area contributed by atoms with Crippen molar-refractivity contribution in [3.8, 4) is 0 Å². The van der Waals surface area contributed by atoms with Crippen LogP contribution >= 0.6 is 22.6 Å². The number of nitrogens with one attached hydrogen (secondary N) is 1. The highest BCUT2D eigenvalue weighted by Crippen LogP contribution is 2.12. The van der Waals surface area contributed by atoms with Crippen LogP contribution in [0, 0.1) is 3.70 Å². The topological polar surface area (TPSA) is 63.6 Å². The molecule has 0 aliphatic carbocycles. The van der Waals surface area contributed by atoms with Gasteiger partial charge >= 0.3 is 0 Å². The lowest BCUT2D eigenvalue weighted by molar-refractivity contribution is 0.546. The van der Waals surface area contributed by atoms with Gasteiger partial charge < -0.3 is 4.98 Å². The van der Waals surface area contributed by atoms with Gasteiger partial charge in [0.2, 0.25) is 0 Å². The SMILES string of the molecule is CC(C)n1ncc2nc(I)c(=O)[nH]c21. The van der Waals surface area contributed by atoms with Gasteiger partial charge in [0.1, 0.15) is 5.52 Å². The first-order valence-electron chi connectivity index (χ1n) is 4.22. The van der Waals surface area contributed by atoms with E-state index in [1.54, 1.807) is 10.9 Å². The molecular formula is C8H9IN4O. The molecule has 0 unspecified atom stereocenters. The first kappa shape index (κ1) is 9.63. The van der Waals surface area contributed by atoms with Gasteiger partial charge in [-0.3, -0.25) is 4.79 Å². The standard InChI is InChI=1S/C8H9IN4O/c1-4(2)13-7-5(3-10-13)11-6(9)8(14)12-7/h3-4H,1-2H3,(H,12,14). The Bertz CT molecular complexity index is 528. The van der Waals surface area contributed by atoms with Crippen molar-refractivity contribution in [2.45, 2.75) is 19.9 Å². The number of aromatic nitrogens is 4. The molecule has 0 bridgehead atoms. The summed E-state index contributed by atoms with van der Waals surface area (Å²) in [6.07, 6.45) is 1.66. The van der Waals surface area contributed by atoms with E-state index in [1.165, 1.54) is 0 Å². The van der Waals surface area contributed by atoms with Crippen LogP contribution in [0.2, 0.25) is 0 Å². The van der Waals surface area contributed by atoms with E-state index < -0.39 is 0 Å². The molecule has 0 atom stereocenters. The van der Waals surface area contributed by atoms with Crippen molar-refractivity contribution in [1.29, 1.82) is 0 Å². The van der Waals surface area contributed by atoms with E-state index in [9.17, 15) is 4.79 Å². The van der Waals surface area contributed by atoms with Crippen LogP contribution in [0.3, 0.4) is 0 Å². The van der Waals surface area contributed by atoms with Crippen molar-refractivity contribution < 1.29 is 0 Å². The van der Waals surface area contributed by atoms with Gasteiger partial charge in [-0.2, -0.15) is 5.10 Å². The number of rotatable bonds is 1. The van der Waals surface area contributed by atoms with Gasteiger partial charge in [0.05, 0.1) is 6.20 Å². The van der Waals surface area contributed by atoms with Crippen LogP contribution < -0.4 is 5.56 Å². The molecule has 0 saturated heterocycles. The zero-order chi connectivity index (χ0) is 10.3. The maximum Gasteiger partial charge on any atom is 0.281 e. The molecule has 0 fully saturated rings. The van der Waals surface area contributed by atoms with Gasteiger partial charge in [-0.05, 0) is 36.4 Å². The summed E-state index contributed by atoms with van der Waals surface area (Å²) < 4.78 is 2.19. The van der Waals surface area contributed by atoms with Crippen molar-refractivity contribution >= 4 is 33.8 Å². The molecule has 2 heterocycles. The highest BCUT2D eigenvalue weighted by Gasteiger charge is 2.09. The molecule has 14 heavy (non-hydrogen) atoms. The summed E-state index contributed by atoms with van der Waals surface area (Å²) in [5.41, 5.74) is 1.24. The van der Waals surface area contributed by atoms with Crippen molar-refractivity contribution in [1.82, 2.24) is 19.7 Å². The average molecular weight is 304 g/mol. The first-order chi connectivity index (χ1) is 6.59. The number of hydrogen-bond acceptors (Lipinski definition) is 3. The van der Waals surface area contributed by atoms with Crippen LogP contribution in [-0.2, 0) is 0 Å². The van der Waals surface area contributed by atoms with E-state index in [2.05, 4.69) is 15.1 Å². The second kappa shape index (κ2) is 3.34. The molecule has 0 saturated carbocycles. The second-order valence-corrected chi connectivity index (χ2v) is 4.30. The Morgan fingerprint density at radius 2 is 2.29 bits per heavy atom. The monoisotopic (exact) mass is 304 g/mol. The number of nitrogens with zero attached hydrogens (tertiary/aromatic N) is 3. The molecule has 0 radical (unpaired) electrons. The summed E-state index contributed by atoms with van der Waals surface area (Å²) in [4.78, 5) is 18.2. The minimum atomic E-state index is -0.166. The zero-order valence-electron chi connectivity index (χ0n) is 7.78. The van der Waals surface area contributed by atoms with Gasteiger partial charge in [0, 0.05) is 6.04 Å². The van der Waals surface area contributed by atoms with Gasteiger partial charge in [-0.25, -0.2) is 9.67 Å². The summed E-state index contributed by atoms with van der Waals surface area (Å²) in [7, 11) is 0. The Kier molecular flexibility index (Phi) is 2.30. The molecule has 0 aromatic carbocycles. The lowest BCUT2D eigenvalue weighted by Gasteiger charge is -2.05. The summed E-state index contributed by atoms with van der Waals surface area (Å²) in [5.74, 6) is 0. The van der Waals surface area contributed by atoms with Gasteiger partial charge in [-0.15, -0.1) is 0 Å². The summed E-state index contributed by atoms with van der Waals surface area (Å²) in [5, 5.41) is 4.16. The molecule has 74 valence electrons. The lowest BCUT2D eigenvalue weighted by Crippen LogP contribution is -2.14. The number of H-pyrrole nitrogens is 1. The molecule has 2 aromatic rings. The van der Waals surface area contributed by atoms with Crippen molar-refractivity contribution in [2.24, 2.45) is 0 Å². The smallest absolute Gasteiger partial charge is 0.281 e. The summed E-state index contributed by atoms with van der Waals surface area (Å²) in [6.45, 7) is 4.01. The Balaban J connectivity index is 2.80. The number of fused-ring (bicyclic) bond motifs is 1. The third-order valence-corrected chi connectivity index (χ3v) is 2.63. The Labute approximate surface area is 93.7 Å². The van der Waals surface area contributed by atoms with Gasteiger partial charge in [0.15, 0.2) is 9.35 Å². The molecule has 2 rings (SSSR count). The minimum Gasteiger partial charge on any atom is -0.303 e. The highest BCUT2D eigenvalue weighted by atomic mass is 127. The fourth-order valence-electron chi connectivity index (χ4n) is 1.26. The number of hydrogen-bond donors (Lipinski definition) is 1. The third-order valence-electron chi connectivity index (χ3n) is 1.90. The van der Waals surface area contributed by atoms with Gasteiger partial charge in [-0.1, -0.05) is 0 Å². The molecule has 0 aliphatic heterocycles. The number of halogens is 1. The van der Waals surface area contributed by atoms with E-state index >= 15 is 0 Å². The van der Waals surface area contributed by atoms with E-state index in [4.69, 9.17) is 0 Å². The van der Waals surface area contributed by atoms with E-state index in [0.717, 1.165) is 5.52 Å². The number of aromatic amines is 1. The summed E-state index contributed by atoms with van der Waals surface area (Å²) >= 11 is 1.91. The molecule has 6 heteroatoms. The zero-order valence-corrected chi connectivity index (χ0v) is 9.94. The fraction of sp³-hybridized carbons (Fsp3) is 0.375. The average Bonchev–Trinajstić information content (AvgIpc) is 2.48. The van der Waals surface area contributed by atoms with Crippen LogP contribution in [0.25, 0.3) is 11.2 Å². The third kappa shape index (κ3) is 1.43. The Morgan fingerprint density at radius 1 is 1.57 bits per heavy atom. The molecule has 1 N–H and O–H groups in total. The first-order valence-corrected chi connectivity index (χ1v) is 5.30. The van der Waals surface area contributed by atoms with Gasteiger partial charge in [0.25, 0.3) is 5.56 Å². The molecule has 0 spiro atoms. The second-order valence-electron chi connectivity index (χ2n) is 3.27. The molecule has 0 aliphatic rings. The molecule has 0 amide bonds. The molecular weight excluding hydrogens is 295 g/mol. The van der Waals surface area contributed by atoms with Crippen molar-refractivity contribution in [2.75, 3.05) is 0 Å². The fourth-order valence-corrected chi connectivity index (χ4v) is 1.66. The van der Waals surface area contributed by atoms with E-state index in [-0.39, 0.29) is 11.6 Å². The quantitative estimate of drug-likeness (QED) is 0.808. The Morgan fingerprint density at radius 3 is 2.93 bits per heavy atom. The Hall–Kier alpha value is -0.920. The summed E-state index contributed by atoms with van der Waals surface area (Å²) in [6, 6.07) is 0.213. The molecule has 2 aromatic heterocycles. The maximum absolute atomic E-state index is 11.3. The van der Waals surface area contributed by atoms with Crippen LogP contribution in [0.15, 0.2) is 11.0 Å². The lowest BCUT2D eigenvalue weighted by atomic mass is 10.4. The van der Waals surface area contributed by atoms with Crippen molar-refractivity contribution in [3.63, 3.8) is 0 Å². The maximum atomic E-state index is 11.3. The van der Waals surface area contributed by atoms with Crippen LogP contribution in [0.4, 0.5) is 0 Å². The van der Waals surface area contributed by atoms with E-state index in [0.29, 0.717) is 9.35 Å². The van der Waals surface area contributed by atoms with Crippen LogP contribution in [0.5, 0.6) is 0 Å². The highest BCUT2D eigenvalue weighted by molar-refractivity contribution is 14.1. The van der Waals surface area contributed by atoms with Crippen LogP contribution in [-0.4, -0.2) is 19.7 Å². The largest absolute Gasteiger partial charge is 0.303 e. The predicted octanol–water partition coefficient (Wildman–Crippen LogP) is 1.31. The van der Waals surface area contributed by atoms with Crippen LogP contribution in [0.1, 0.15) is 19.9 Å². The molecule has 5 nitrogen and oxygen atoms in total. The minimum absolute atomic E-state index is 0.166. The predicted molar refractivity (Wildman–Crippen MR) is 61.3 cm³/mol. The van der Waals surface area contributed by atoms with E-state index in [1.807, 2.05) is 36.4 Å². The van der Waals surface area contributed by atoms with Crippen molar-refractivity contribution in [3.05, 3.63) is 20.3 Å². The normalized spacial score (nSPS) is 11.4.